The van der Waals surface area contributed by atoms with Crippen molar-refractivity contribution < 1.29 is 8.76 Å². The van der Waals surface area contributed by atoms with E-state index in [4.69, 9.17) is 10.3 Å². The molecule has 1 aromatic rings. The van der Waals surface area contributed by atoms with Gasteiger partial charge in [-0.3, -0.25) is 0 Å². The molecule has 0 aromatic carbocycles. The first-order valence-corrected chi connectivity index (χ1v) is 4.65. The lowest BCUT2D eigenvalue weighted by Gasteiger charge is -2.01. The van der Waals surface area contributed by atoms with Crippen molar-refractivity contribution in [2.45, 2.75) is 5.37 Å². The zero-order valence-electron chi connectivity index (χ0n) is 5.06. The summed E-state index contributed by atoms with van der Waals surface area (Å²) in [5, 5.41) is 1.07. The van der Waals surface area contributed by atoms with Crippen LogP contribution in [0.5, 0.6) is 0 Å². The molecular weight excluding hydrogens is 170 g/mol. The Morgan fingerprint density at radius 1 is 1.80 bits per heavy atom. The Morgan fingerprint density at radius 3 is 2.90 bits per heavy atom. The van der Waals surface area contributed by atoms with Crippen LogP contribution in [0.1, 0.15) is 10.3 Å². The quantitative estimate of drug-likeness (QED) is 0.660. The molecule has 3 N–H and O–H groups in total. The minimum absolute atomic E-state index is 0.737. The van der Waals surface area contributed by atoms with Crippen molar-refractivity contribution in [3.63, 3.8) is 0 Å². The summed E-state index contributed by atoms with van der Waals surface area (Å²) in [5.74, 6) is 0. The van der Waals surface area contributed by atoms with Gasteiger partial charge in [0, 0.05) is 4.88 Å². The summed E-state index contributed by atoms with van der Waals surface area (Å²) >= 11 is -0.570. The van der Waals surface area contributed by atoms with Gasteiger partial charge in [-0.1, -0.05) is 6.07 Å². The zero-order valence-corrected chi connectivity index (χ0v) is 6.69. The van der Waals surface area contributed by atoms with E-state index < -0.39 is 16.5 Å². The average molecular weight is 177 g/mol. The first-order valence-electron chi connectivity index (χ1n) is 2.60. The average Bonchev–Trinajstić information content (AvgIpc) is 2.36. The van der Waals surface area contributed by atoms with Crippen LogP contribution in [0, 0.1) is 0 Å². The van der Waals surface area contributed by atoms with Crippen molar-refractivity contribution in [2.24, 2.45) is 5.73 Å². The van der Waals surface area contributed by atoms with E-state index in [9.17, 15) is 4.21 Å². The number of hydrogen-bond acceptors (Lipinski definition) is 3. The van der Waals surface area contributed by atoms with E-state index in [1.165, 1.54) is 11.3 Å². The largest absolute Gasteiger partial charge is 0.311 e. The number of thiophene rings is 1. The van der Waals surface area contributed by atoms with Gasteiger partial charge in [0.15, 0.2) is 11.1 Å². The predicted octanol–water partition coefficient (Wildman–Crippen LogP) is 0.927. The minimum Gasteiger partial charge on any atom is -0.311 e. The molecule has 10 heavy (non-hydrogen) atoms. The van der Waals surface area contributed by atoms with E-state index >= 15 is 0 Å². The highest BCUT2D eigenvalue weighted by atomic mass is 32.2. The minimum atomic E-state index is -1.95. The van der Waals surface area contributed by atoms with Crippen LogP contribution in [0.25, 0.3) is 0 Å². The molecule has 2 unspecified atom stereocenters. The fourth-order valence-electron chi connectivity index (χ4n) is 0.553. The third-order valence-electron chi connectivity index (χ3n) is 1.04. The molecule has 0 aliphatic rings. The Kier molecular flexibility index (Phi) is 2.56. The molecule has 1 heterocycles. The van der Waals surface area contributed by atoms with Crippen LogP contribution in [0.2, 0.25) is 0 Å². The smallest absolute Gasteiger partial charge is 0.175 e. The maximum absolute atomic E-state index is 10.4. The van der Waals surface area contributed by atoms with E-state index in [0.717, 1.165) is 4.88 Å². The first kappa shape index (κ1) is 7.87. The Hall–Kier alpha value is -0.230. The van der Waals surface area contributed by atoms with Gasteiger partial charge < -0.3 is 10.3 Å². The predicted molar refractivity (Wildman–Crippen MR) is 42.0 cm³/mol. The molecule has 0 saturated carbocycles. The molecule has 0 radical (unpaired) electrons. The van der Waals surface area contributed by atoms with Crippen LogP contribution < -0.4 is 5.73 Å². The Balaban J connectivity index is 2.77. The van der Waals surface area contributed by atoms with Crippen LogP contribution in [-0.2, 0) is 11.1 Å². The van der Waals surface area contributed by atoms with Crippen molar-refractivity contribution in [3.05, 3.63) is 22.4 Å². The van der Waals surface area contributed by atoms with Crippen LogP contribution in [0.15, 0.2) is 17.5 Å². The topological polar surface area (TPSA) is 63.3 Å². The van der Waals surface area contributed by atoms with Gasteiger partial charge >= 0.3 is 0 Å². The lowest BCUT2D eigenvalue weighted by Crippen LogP contribution is -2.13. The normalized spacial score (nSPS) is 16.6. The van der Waals surface area contributed by atoms with Gasteiger partial charge in [-0.15, -0.1) is 11.3 Å². The van der Waals surface area contributed by atoms with Crippen molar-refractivity contribution in [1.82, 2.24) is 0 Å². The van der Waals surface area contributed by atoms with Crippen LogP contribution in [0.3, 0.4) is 0 Å². The molecular formula is C5H7NO2S2. The van der Waals surface area contributed by atoms with Crippen molar-refractivity contribution in [2.75, 3.05) is 0 Å². The van der Waals surface area contributed by atoms with Gasteiger partial charge in [-0.05, 0) is 11.4 Å². The highest BCUT2D eigenvalue weighted by Crippen LogP contribution is 2.17. The molecule has 0 fully saturated rings. The molecule has 0 aliphatic carbocycles. The summed E-state index contributed by atoms with van der Waals surface area (Å²) in [4.78, 5) is 0.737. The van der Waals surface area contributed by atoms with Crippen molar-refractivity contribution >= 4 is 22.4 Å². The molecule has 2 atom stereocenters. The van der Waals surface area contributed by atoms with E-state index in [2.05, 4.69) is 0 Å². The van der Waals surface area contributed by atoms with Crippen LogP contribution in [0.4, 0.5) is 0 Å². The highest BCUT2D eigenvalue weighted by molar-refractivity contribution is 7.79. The molecule has 5 heteroatoms. The monoisotopic (exact) mass is 177 g/mol. The van der Waals surface area contributed by atoms with Gasteiger partial charge in [0.25, 0.3) is 0 Å². The van der Waals surface area contributed by atoms with E-state index in [0.29, 0.717) is 0 Å². The maximum atomic E-state index is 10.4. The van der Waals surface area contributed by atoms with Gasteiger partial charge in [0.2, 0.25) is 0 Å². The first-order chi connectivity index (χ1) is 4.72. The summed E-state index contributed by atoms with van der Waals surface area (Å²) in [6.07, 6.45) is 0. The molecule has 1 aromatic heterocycles. The maximum Gasteiger partial charge on any atom is 0.175 e. The summed E-state index contributed by atoms with van der Waals surface area (Å²) in [6.45, 7) is 0. The molecule has 0 aliphatic heterocycles. The highest BCUT2D eigenvalue weighted by Gasteiger charge is 2.11. The van der Waals surface area contributed by atoms with E-state index in [1.54, 1.807) is 12.1 Å². The van der Waals surface area contributed by atoms with Crippen LogP contribution in [-0.4, -0.2) is 8.76 Å². The molecule has 56 valence electrons. The second kappa shape index (κ2) is 3.25. The summed E-state index contributed by atoms with van der Waals surface area (Å²) in [6, 6.07) is 3.54. The summed E-state index contributed by atoms with van der Waals surface area (Å²) < 4.78 is 18.9. The molecule has 0 amide bonds. The fraction of sp³-hybridized carbons (Fsp3) is 0.200. The second-order valence-corrected chi connectivity index (χ2v) is 3.75. The lowest BCUT2D eigenvalue weighted by molar-refractivity contribution is 0.552. The van der Waals surface area contributed by atoms with Gasteiger partial charge in [-0.25, -0.2) is 4.21 Å². The summed E-state index contributed by atoms with van der Waals surface area (Å²) in [7, 11) is 0. The van der Waals surface area contributed by atoms with Crippen molar-refractivity contribution in [1.29, 1.82) is 0 Å². The second-order valence-electron chi connectivity index (χ2n) is 1.71. The fourth-order valence-corrected chi connectivity index (χ4v) is 1.85. The zero-order chi connectivity index (χ0) is 7.56. The van der Waals surface area contributed by atoms with Gasteiger partial charge in [0.05, 0.1) is 0 Å². The Morgan fingerprint density at radius 2 is 2.50 bits per heavy atom. The molecule has 1 rings (SSSR count). The van der Waals surface area contributed by atoms with E-state index in [1.807, 2.05) is 5.38 Å². The third kappa shape index (κ3) is 1.63. The number of hydrogen-bond donors (Lipinski definition) is 2. The van der Waals surface area contributed by atoms with Gasteiger partial charge in [0.1, 0.15) is 5.37 Å². The number of nitrogens with two attached hydrogens (primary N) is 1. The molecule has 0 saturated heterocycles. The van der Waals surface area contributed by atoms with E-state index in [-0.39, 0.29) is 0 Å². The number of rotatable bonds is 2. The standard InChI is InChI=1S/C5H7NO2S2/c6-5(10(7)8)4-2-1-3-9-4/h1-3,5H,6H2,(H,7,8). The Labute approximate surface area is 65.2 Å². The lowest BCUT2D eigenvalue weighted by atomic mass is 10.5. The molecule has 0 bridgehead atoms. The summed E-state index contributed by atoms with van der Waals surface area (Å²) in [5.41, 5.74) is 5.34. The van der Waals surface area contributed by atoms with Crippen molar-refractivity contribution in [3.8, 4) is 0 Å². The molecule has 0 spiro atoms. The SMILES string of the molecule is NC(c1cccs1)S(=O)O. The Bertz CT molecular complexity index is 222. The third-order valence-corrected chi connectivity index (χ3v) is 2.83. The van der Waals surface area contributed by atoms with Gasteiger partial charge in [-0.2, -0.15) is 0 Å². The van der Waals surface area contributed by atoms with Crippen LogP contribution >= 0.6 is 11.3 Å². The molecule has 3 nitrogen and oxygen atoms in total.